The van der Waals surface area contributed by atoms with Crippen molar-refractivity contribution in [2.75, 3.05) is 26.8 Å². The molecule has 1 rings (SSSR count). The van der Waals surface area contributed by atoms with Crippen molar-refractivity contribution in [3.8, 4) is 0 Å². The van der Waals surface area contributed by atoms with Gasteiger partial charge in [-0.25, -0.2) is 0 Å². The van der Waals surface area contributed by atoms with Gasteiger partial charge in [0.05, 0.1) is 12.7 Å². The molecule has 1 aliphatic carbocycles. The molecule has 1 fully saturated rings. The first kappa shape index (κ1) is 13.9. The lowest BCUT2D eigenvalue weighted by atomic mass is 10.0. The third-order valence-corrected chi connectivity index (χ3v) is 3.41. The minimum absolute atomic E-state index is 0.106. The van der Waals surface area contributed by atoms with E-state index in [0.717, 1.165) is 51.8 Å². The van der Waals surface area contributed by atoms with E-state index in [4.69, 9.17) is 10.5 Å². The average Bonchev–Trinajstić information content (AvgIpc) is 2.68. The number of ether oxygens (including phenoxy) is 1. The number of nitrogens with two attached hydrogens (primary N) is 1. The molecule has 0 aliphatic heterocycles. The van der Waals surface area contributed by atoms with Crippen molar-refractivity contribution in [2.45, 2.75) is 44.2 Å². The van der Waals surface area contributed by atoms with Crippen LogP contribution < -0.4 is 11.1 Å². The van der Waals surface area contributed by atoms with Gasteiger partial charge in [0.15, 0.2) is 0 Å². The van der Waals surface area contributed by atoms with Gasteiger partial charge in [0.1, 0.15) is 0 Å². The molecule has 0 spiro atoms. The number of aliphatic hydroxyl groups excluding tert-OH is 1. The number of hydrogen-bond donors (Lipinski definition) is 3. The van der Waals surface area contributed by atoms with E-state index in [1.54, 1.807) is 7.11 Å². The minimum Gasteiger partial charge on any atom is -0.393 e. The van der Waals surface area contributed by atoms with Gasteiger partial charge in [-0.2, -0.15) is 0 Å². The SMILES string of the molecule is COCC(CCCN)NCC1CCCC1O. The zero-order valence-electron chi connectivity index (χ0n) is 10.3. The molecule has 0 aromatic rings. The summed E-state index contributed by atoms with van der Waals surface area (Å²) in [7, 11) is 1.72. The van der Waals surface area contributed by atoms with Crippen molar-refractivity contribution in [2.24, 2.45) is 11.7 Å². The molecule has 0 bridgehead atoms. The van der Waals surface area contributed by atoms with Crippen LogP contribution in [-0.4, -0.2) is 44.1 Å². The molecule has 0 saturated heterocycles. The summed E-state index contributed by atoms with van der Waals surface area (Å²) in [5.41, 5.74) is 5.50. The van der Waals surface area contributed by atoms with E-state index >= 15 is 0 Å². The number of aliphatic hydroxyl groups is 1. The Morgan fingerprint density at radius 1 is 1.50 bits per heavy atom. The van der Waals surface area contributed by atoms with Crippen molar-refractivity contribution in [1.29, 1.82) is 0 Å². The number of nitrogens with one attached hydrogen (secondary N) is 1. The van der Waals surface area contributed by atoms with Gasteiger partial charge in [-0.3, -0.25) is 0 Å². The van der Waals surface area contributed by atoms with Crippen LogP contribution in [0.15, 0.2) is 0 Å². The summed E-state index contributed by atoms with van der Waals surface area (Å²) in [6, 6.07) is 0.376. The second kappa shape index (κ2) is 8.01. The fraction of sp³-hybridized carbons (Fsp3) is 1.00. The third-order valence-electron chi connectivity index (χ3n) is 3.41. The zero-order chi connectivity index (χ0) is 11.8. The number of methoxy groups -OCH3 is 1. The maximum Gasteiger partial charge on any atom is 0.0615 e. The molecule has 4 N–H and O–H groups in total. The van der Waals surface area contributed by atoms with Gasteiger partial charge >= 0.3 is 0 Å². The van der Waals surface area contributed by atoms with Crippen molar-refractivity contribution in [3.63, 3.8) is 0 Å². The molecule has 1 saturated carbocycles. The summed E-state index contributed by atoms with van der Waals surface area (Å²) in [5.74, 6) is 0.428. The molecule has 0 aromatic carbocycles. The molecule has 1 aliphatic rings. The maximum absolute atomic E-state index is 9.72. The summed E-state index contributed by atoms with van der Waals surface area (Å²) in [5, 5.41) is 13.2. The largest absolute Gasteiger partial charge is 0.393 e. The normalized spacial score (nSPS) is 27.2. The van der Waals surface area contributed by atoms with Crippen LogP contribution in [0.25, 0.3) is 0 Å². The standard InChI is InChI=1S/C12H26N2O2/c1-16-9-11(5-3-7-13)14-8-10-4-2-6-12(10)15/h10-12,14-15H,2-9,13H2,1H3. The highest BCUT2D eigenvalue weighted by Gasteiger charge is 2.25. The fourth-order valence-corrected chi connectivity index (χ4v) is 2.38. The lowest BCUT2D eigenvalue weighted by molar-refractivity contribution is 0.119. The monoisotopic (exact) mass is 230 g/mol. The second-order valence-corrected chi connectivity index (χ2v) is 4.75. The zero-order valence-corrected chi connectivity index (χ0v) is 10.3. The quantitative estimate of drug-likeness (QED) is 0.568. The Morgan fingerprint density at radius 3 is 2.88 bits per heavy atom. The highest BCUT2D eigenvalue weighted by Crippen LogP contribution is 2.24. The van der Waals surface area contributed by atoms with E-state index < -0.39 is 0 Å². The molecule has 3 atom stereocenters. The van der Waals surface area contributed by atoms with Gasteiger partial charge in [0, 0.05) is 19.7 Å². The molecular formula is C12H26N2O2. The first-order valence-corrected chi connectivity index (χ1v) is 6.38. The Bertz CT molecular complexity index is 178. The lowest BCUT2D eigenvalue weighted by Crippen LogP contribution is -2.38. The predicted molar refractivity (Wildman–Crippen MR) is 65.3 cm³/mol. The van der Waals surface area contributed by atoms with Crippen LogP contribution in [0.2, 0.25) is 0 Å². The van der Waals surface area contributed by atoms with Crippen LogP contribution >= 0.6 is 0 Å². The summed E-state index contributed by atoms with van der Waals surface area (Å²) < 4.78 is 5.18. The molecule has 4 heteroatoms. The van der Waals surface area contributed by atoms with Gasteiger partial charge in [-0.1, -0.05) is 6.42 Å². The molecule has 16 heavy (non-hydrogen) atoms. The van der Waals surface area contributed by atoms with Crippen molar-refractivity contribution < 1.29 is 9.84 Å². The molecule has 4 nitrogen and oxygen atoms in total. The van der Waals surface area contributed by atoms with Crippen LogP contribution in [0.4, 0.5) is 0 Å². The summed E-state index contributed by atoms with van der Waals surface area (Å²) >= 11 is 0. The highest BCUT2D eigenvalue weighted by molar-refractivity contribution is 4.80. The average molecular weight is 230 g/mol. The highest BCUT2D eigenvalue weighted by atomic mass is 16.5. The van der Waals surface area contributed by atoms with E-state index in [-0.39, 0.29) is 6.10 Å². The van der Waals surface area contributed by atoms with E-state index in [9.17, 15) is 5.11 Å². The number of hydrogen-bond acceptors (Lipinski definition) is 4. The maximum atomic E-state index is 9.72. The molecule has 96 valence electrons. The first-order valence-electron chi connectivity index (χ1n) is 6.38. The lowest BCUT2D eigenvalue weighted by Gasteiger charge is -2.21. The van der Waals surface area contributed by atoms with Gasteiger partial charge in [-0.05, 0) is 38.1 Å². The minimum atomic E-state index is -0.106. The van der Waals surface area contributed by atoms with E-state index in [1.807, 2.05) is 0 Å². The molecule has 0 radical (unpaired) electrons. The van der Waals surface area contributed by atoms with Crippen molar-refractivity contribution in [3.05, 3.63) is 0 Å². The number of rotatable bonds is 8. The summed E-state index contributed by atoms with van der Waals surface area (Å²) in [6.45, 7) is 2.36. The molecular weight excluding hydrogens is 204 g/mol. The van der Waals surface area contributed by atoms with E-state index in [0.29, 0.717) is 12.0 Å². The smallest absolute Gasteiger partial charge is 0.0615 e. The molecule has 0 aromatic heterocycles. The molecule has 0 heterocycles. The van der Waals surface area contributed by atoms with Crippen molar-refractivity contribution in [1.82, 2.24) is 5.32 Å². The van der Waals surface area contributed by atoms with Crippen LogP contribution in [0.5, 0.6) is 0 Å². The predicted octanol–water partition coefficient (Wildman–Crippen LogP) is 0.491. The summed E-state index contributed by atoms with van der Waals surface area (Å²) in [4.78, 5) is 0. The van der Waals surface area contributed by atoms with Crippen LogP contribution in [0.1, 0.15) is 32.1 Å². The summed E-state index contributed by atoms with van der Waals surface area (Å²) in [6.07, 6.45) is 5.23. The Labute approximate surface area is 98.5 Å². The van der Waals surface area contributed by atoms with Crippen LogP contribution in [0.3, 0.4) is 0 Å². The first-order chi connectivity index (χ1) is 7.77. The van der Waals surface area contributed by atoms with Gasteiger partial charge < -0.3 is 20.9 Å². The molecule has 3 unspecified atom stereocenters. The van der Waals surface area contributed by atoms with Crippen LogP contribution in [0, 0.1) is 5.92 Å². The van der Waals surface area contributed by atoms with Crippen molar-refractivity contribution >= 4 is 0 Å². The van der Waals surface area contributed by atoms with Crippen LogP contribution in [-0.2, 0) is 4.74 Å². The Hall–Kier alpha value is -0.160. The van der Waals surface area contributed by atoms with Gasteiger partial charge in [0.2, 0.25) is 0 Å². The second-order valence-electron chi connectivity index (χ2n) is 4.75. The van der Waals surface area contributed by atoms with E-state index in [1.165, 1.54) is 0 Å². The Balaban J connectivity index is 2.19. The molecule has 0 amide bonds. The third kappa shape index (κ3) is 4.78. The fourth-order valence-electron chi connectivity index (χ4n) is 2.38. The Kier molecular flexibility index (Phi) is 6.96. The van der Waals surface area contributed by atoms with E-state index in [2.05, 4.69) is 5.32 Å². The topological polar surface area (TPSA) is 67.5 Å². The Morgan fingerprint density at radius 2 is 2.31 bits per heavy atom. The van der Waals surface area contributed by atoms with Gasteiger partial charge in [-0.15, -0.1) is 0 Å². The van der Waals surface area contributed by atoms with Gasteiger partial charge in [0.25, 0.3) is 0 Å².